The maximum Gasteiger partial charge on any atom is 0.245 e. The molecule has 1 atom stereocenters. The van der Waals surface area contributed by atoms with E-state index in [2.05, 4.69) is 5.32 Å². The van der Waals surface area contributed by atoms with E-state index in [0.29, 0.717) is 6.54 Å². The number of rotatable bonds is 1. The molecule has 0 radical (unpaired) electrons. The number of hydrogen-bond donors (Lipinski definition) is 1. The predicted octanol–water partition coefficient (Wildman–Crippen LogP) is -0.647. The van der Waals surface area contributed by atoms with Crippen LogP contribution in [0.1, 0.15) is 13.8 Å². The number of carbonyl (C=O) groups excluding carboxylic acids is 2. The van der Waals surface area contributed by atoms with Crippen LogP contribution in [-0.4, -0.2) is 35.8 Å². The largest absolute Gasteiger partial charge is 0.343 e. The van der Waals surface area contributed by atoms with Crippen LogP contribution in [0.2, 0.25) is 0 Å². The fraction of sp³-hybridized carbons (Fsp3) is 0.714. The van der Waals surface area contributed by atoms with Crippen LogP contribution in [-0.2, 0) is 9.59 Å². The van der Waals surface area contributed by atoms with Gasteiger partial charge in [0.05, 0.1) is 6.54 Å². The molecule has 1 N–H and O–H groups in total. The Balaban J connectivity index is 2.66. The minimum atomic E-state index is -0.351. The minimum Gasteiger partial charge on any atom is -0.343 e. The molecular weight excluding hydrogens is 144 g/mol. The third-order valence-corrected chi connectivity index (χ3v) is 1.78. The second-order valence-electron chi connectivity index (χ2n) is 2.64. The second-order valence-corrected chi connectivity index (χ2v) is 2.64. The van der Waals surface area contributed by atoms with E-state index in [4.69, 9.17) is 0 Å². The summed E-state index contributed by atoms with van der Waals surface area (Å²) in [5.41, 5.74) is 0. The zero-order chi connectivity index (χ0) is 8.43. The van der Waals surface area contributed by atoms with E-state index in [1.54, 1.807) is 11.8 Å². The van der Waals surface area contributed by atoms with Crippen LogP contribution >= 0.6 is 0 Å². The van der Waals surface area contributed by atoms with E-state index >= 15 is 0 Å². The van der Waals surface area contributed by atoms with Crippen molar-refractivity contribution in [2.45, 2.75) is 19.9 Å². The van der Waals surface area contributed by atoms with E-state index in [1.165, 1.54) is 0 Å². The van der Waals surface area contributed by atoms with E-state index in [9.17, 15) is 9.59 Å². The molecule has 0 aliphatic carbocycles. The molecule has 1 aliphatic heterocycles. The summed E-state index contributed by atoms with van der Waals surface area (Å²) >= 11 is 0. The van der Waals surface area contributed by atoms with Crippen LogP contribution in [0.3, 0.4) is 0 Å². The van der Waals surface area contributed by atoms with Gasteiger partial charge in [-0.1, -0.05) is 0 Å². The molecule has 0 aromatic heterocycles. The number of likely N-dealkylation sites (N-methyl/N-ethyl adjacent to an activating group) is 1. The first-order valence-corrected chi connectivity index (χ1v) is 3.73. The Hall–Kier alpha value is -1.06. The molecule has 1 fully saturated rings. The van der Waals surface area contributed by atoms with Crippen LogP contribution in [0.15, 0.2) is 0 Å². The fourth-order valence-electron chi connectivity index (χ4n) is 1.14. The van der Waals surface area contributed by atoms with Crippen molar-refractivity contribution in [2.24, 2.45) is 0 Å². The molecule has 4 heteroatoms. The average Bonchev–Trinajstić information content (AvgIpc) is 1.96. The van der Waals surface area contributed by atoms with Crippen molar-refractivity contribution in [3.63, 3.8) is 0 Å². The molecule has 1 saturated heterocycles. The van der Waals surface area contributed by atoms with Crippen molar-refractivity contribution < 1.29 is 9.59 Å². The van der Waals surface area contributed by atoms with Crippen molar-refractivity contribution in [2.75, 3.05) is 13.1 Å². The summed E-state index contributed by atoms with van der Waals surface area (Å²) in [6.45, 7) is 4.38. The van der Waals surface area contributed by atoms with Gasteiger partial charge in [-0.15, -0.1) is 0 Å². The number of nitrogens with zero attached hydrogens (tertiary/aromatic N) is 1. The van der Waals surface area contributed by atoms with E-state index in [0.717, 1.165) is 0 Å². The molecule has 2 amide bonds. The fourth-order valence-corrected chi connectivity index (χ4v) is 1.14. The molecule has 0 bridgehead atoms. The normalized spacial score (nSPS) is 25.3. The first-order chi connectivity index (χ1) is 5.15. The highest BCUT2D eigenvalue weighted by atomic mass is 16.2. The Labute approximate surface area is 65.6 Å². The van der Waals surface area contributed by atoms with Gasteiger partial charge in [0.25, 0.3) is 0 Å². The lowest BCUT2D eigenvalue weighted by Gasteiger charge is -2.29. The summed E-state index contributed by atoms with van der Waals surface area (Å²) in [5, 5.41) is 2.56. The number of piperazine rings is 1. The van der Waals surface area contributed by atoms with E-state index < -0.39 is 0 Å². The smallest absolute Gasteiger partial charge is 0.245 e. The van der Waals surface area contributed by atoms with Gasteiger partial charge in [-0.3, -0.25) is 9.59 Å². The molecule has 1 heterocycles. The van der Waals surface area contributed by atoms with Crippen molar-refractivity contribution in [3.8, 4) is 0 Å². The van der Waals surface area contributed by atoms with Gasteiger partial charge in [-0.05, 0) is 13.8 Å². The Morgan fingerprint density at radius 2 is 2.27 bits per heavy atom. The lowest BCUT2D eigenvalue weighted by atomic mass is 10.2. The highest BCUT2D eigenvalue weighted by molar-refractivity contribution is 5.94. The molecule has 0 spiro atoms. The standard InChI is InChI=1S/C7H12N2O2/c1-3-9-4-6(10)8-5(2)7(9)11/h5H,3-4H2,1-2H3,(H,8,10). The van der Waals surface area contributed by atoms with Crippen LogP contribution < -0.4 is 5.32 Å². The topological polar surface area (TPSA) is 49.4 Å². The zero-order valence-electron chi connectivity index (χ0n) is 6.76. The summed E-state index contributed by atoms with van der Waals surface area (Å²) in [7, 11) is 0. The quantitative estimate of drug-likeness (QED) is 0.548. The second kappa shape index (κ2) is 2.90. The Morgan fingerprint density at radius 3 is 2.82 bits per heavy atom. The summed E-state index contributed by atoms with van der Waals surface area (Å²) in [6, 6.07) is -0.351. The van der Waals surface area contributed by atoms with Gasteiger partial charge < -0.3 is 10.2 Å². The van der Waals surface area contributed by atoms with E-state index in [1.807, 2.05) is 6.92 Å². The molecule has 1 rings (SSSR count). The van der Waals surface area contributed by atoms with Gasteiger partial charge in [0.2, 0.25) is 11.8 Å². The molecular formula is C7H12N2O2. The highest BCUT2D eigenvalue weighted by Gasteiger charge is 2.27. The lowest BCUT2D eigenvalue weighted by molar-refractivity contribution is -0.143. The molecule has 4 nitrogen and oxygen atoms in total. The Kier molecular flexibility index (Phi) is 2.12. The molecule has 1 unspecified atom stereocenters. The van der Waals surface area contributed by atoms with Crippen molar-refractivity contribution in [3.05, 3.63) is 0 Å². The van der Waals surface area contributed by atoms with E-state index in [-0.39, 0.29) is 24.4 Å². The lowest BCUT2D eigenvalue weighted by Crippen LogP contribution is -2.56. The SMILES string of the molecule is CCN1CC(=O)NC(C)C1=O. The van der Waals surface area contributed by atoms with Crippen LogP contribution in [0, 0.1) is 0 Å². The van der Waals surface area contributed by atoms with Gasteiger partial charge >= 0.3 is 0 Å². The molecule has 0 saturated carbocycles. The Morgan fingerprint density at radius 1 is 1.64 bits per heavy atom. The first kappa shape index (κ1) is 8.04. The zero-order valence-corrected chi connectivity index (χ0v) is 6.76. The summed E-state index contributed by atoms with van der Waals surface area (Å²) in [4.78, 5) is 23.6. The molecule has 11 heavy (non-hydrogen) atoms. The maximum absolute atomic E-state index is 11.2. The number of carbonyl (C=O) groups is 2. The minimum absolute atomic E-state index is 0.00657. The van der Waals surface area contributed by atoms with Gasteiger partial charge in [-0.25, -0.2) is 0 Å². The molecule has 0 aromatic carbocycles. The number of hydrogen-bond acceptors (Lipinski definition) is 2. The third-order valence-electron chi connectivity index (χ3n) is 1.78. The van der Waals surface area contributed by atoms with Crippen molar-refractivity contribution >= 4 is 11.8 Å². The van der Waals surface area contributed by atoms with Crippen LogP contribution in [0.4, 0.5) is 0 Å². The Bertz CT molecular complexity index is 191. The highest BCUT2D eigenvalue weighted by Crippen LogP contribution is 2.00. The molecule has 62 valence electrons. The number of amides is 2. The van der Waals surface area contributed by atoms with Crippen LogP contribution in [0.5, 0.6) is 0 Å². The van der Waals surface area contributed by atoms with Crippen LogP contribution in [0.25, 0.3) is 0 Å². The summed E-state index contributed by atoms with van der Waals surface area (Å²) in [5.74, 6) is -0.0638. The van der Waals surface area contributed by atoms with Gasteiger partial charge in [0.15, 0.2) is 0 Å². The first-order valence-electron chi connectivity index (χ1n) is 3.73. The average molecular weight is 156 g/mol. The van der Waals surface area contributed by atoms with Gasteiger partial charge in [0.1, 0.15) is 6.04 Å². The number of nitrogens with one attached hydrogen (secondary N) is 1. The van der Waals surface area contributed by atoms with Crippen molar-refractivity contribution in [1.29, 1.82) is 0 Å². The molecule has 0 aromatic rings. The maximum atomic E-state index is 11.2. The summed E-state index contributed by atoms with van der Waals surface area (Å²) < 4.78 is 0. The monoisotopic (exact) mass is 156 g/mol. The van der Waals surface area contributed by atoms with Crippen molar-refractivity contribution in [1.82, 2.24) is 10.2 Å². The van der Waals surface area contributed by atoms with Gasteiger partial charge in [0, 0.05) is 6.54 Å². The predicted molar refractivity (Wildman–Crippen MR) is 39.9 cm³/mol. The third kappa shape index (κ3) is 1.50. The summed E-state index contributed by atoms with van der Waals surface area (Å²) in [6.07, 6.45) is 0. The molecule has 1 aliphatic rings. The van der Waals surface area contributed by atoms with Gasteiger partial charge in [-0.2, -0.15) is 0 Å².